The van der Waals surface area contributed by atoms with Crippen LogP contribution in [-0.4, -0.2) is 25.5 Å². The molecule has 1 amide bonds. The molecule has 0 aliphatic carbocycles. The van der Waals surface area contributed by atoms with Gasteiger partial charge < -0.3 is 10.2 Å². The number of piperidine rings is 1. The summed E-state index contributed by atoms with van der Waals surface area (Å²) in [5.41, 5.74) is 1.46. The minimum atomic E-state index is 0.0275. The number of nitriles is 1. The van der Waals surface area contributed by atoms with E-state index in [2.05, 4.69) is 16.3 Å². The topological polar surface area (TPSA) is 56.1 Å². The molecule has 5 heteroatoms. The Morgan fingerprint density at radius 1 is 1.57 bits per heavy atom. The Bertz CT molecular complexity index is 553. The molecule has 1 aliphatic rings. The van der Waals surface area contributed by atoms with Gasteiger partial charge in [0.25, 0.3) is 0 Å². The predicted octanol–water partition coefficient (Wildman–Crippen LogP) is 2.95. The Morgan fingerprint density at radius 2 is 2.38 bits per heavy atom. The summed E-state index contributed by atoms with van der Waals surface area (Å²) in [7, 11) is 0. The van der Waals surface area contributed by atoms with E-state index in [1.807, 2.05) is 19.1 Å². The van der Waals surface area contributed by atoms with Gasteiger partial charge in [-0.25, -0.2) is 0 Å². The van der Waals surface area contributed by atoms with Gasteiger partial charge in [-0.1, -0.05) is 18.5 Å². The number of anilines is 1. The van der Waals surface area contributed by atoms with E-state index in [1.54, 1.807) is 6.07 Å². The average molecular weight is 306 g/mol. The Balaban J connectivity index is 2.05. The first kappa shape index (κ1) is 15.7. The number of carbonyl (C=O) groups is 1. The van der Waals surface area contributed by atoms with Crippen LogP contribution in [0.15, 0.2) is 18.2 Å². The van der Waals surface area contributed by atoms with Crippen molar-refractivity contribution >= 4 is 23.2 Å². The molecule has 112 valence electrons. The third-order valence-corrected chi connectivity index (χ3v) is 4.09. The van der Waals surface area contributed by atoms with Gasteiger partial charge in [0, 0.05) is 25.3 Å². The normalized spacial score (nSPS) is 18.1. The number of rotatable bonds is 4. The molecular formula is C16H20ClN3O. The van der Waals surface area contributed by atoms with Gasteiger partial charge in [0.15, 0.2) is 0 Å². The van der Waals surface area contributed by atoms with Crippen LogP contribution in [0.4, 0.5) is 5.69 Å². The van der Waals surface area contributed by atoms with Crippen LogP contribution in [0.1, 0.15) is 31.7 Å². The monoisotopic (exact) mass is 305 g/mol. The highest BCUT2D eigenvalue weighted by atomic mass is 35.5. The molecule has 0 bridgehead atoms. The standard InChI is InChI=1S/C16H20ClN3O/c1-2-7-19-16(21)13-4-3-8-20(11-13)14-6-5-12(10-18)15(17)9-14/h5-6,9,13H,2-4,7-8,11H2,1H3,(H,19,21). The molecule has 1 aromatic carbocycles. The molecule has 1 atom stereocenters. The number of hydrogen-bond acceptors (Lipinski definition) is 3. The van der Waals surface area contributed by atoms with Crippen molar-refractivity contribution in [3.05, 3.63) is 28.8 Å². The van der Waals surface area contributed by atoms with Crippen LogP contribution in [0.3, 0.4) is 0 Å². The molecule has 1 aliphatic heterocycles. The van der Waals surface area contributed by atoms with Crippen LogP contribution in [-0.2, 0) is 4.79 Å². The summed E-state index contributed by atoms with van der Waals surface area (Å²) in [6.45, 7) is 4.40. The van der Waals surface area contributed by atoms with Crippen molar-refractivity contribution in [2.24, 2.45) is 5.92 Å². The highest BCUT2D eigenvalue weighted by Crippen LogP contribution is 2.27. The van der Waals surface area contributed by atoms with Crippen LogP contribution in [0.2, 0.25) is 5.02 Å². The maximum Gasteiger partial charge on any atom is 0.224 e. The number of carbonyl (C=O) groups excluding carboxylic acids is 1. The number of nitrogens with zero attached hydrogens (tertiary/aromatic N) is 2. The smallest absolute Gasteiger partial charge is 0.224 e. The molecule has 0 radical (unpaired) electrons. The van der Waals surface area contributed by atoms with Gasteiger partial charge in [-0.3, -0.25) is 4.79 Å². The predicted molar refractivity (Wildman–Crippen MR) is 84.4 cm³/mol. The molecular weight excluding hydrogens is 286 g/mol. The molecule has 1 N–H and O–H groups in total. The number of nitrogens with one attached hydrogen (secondary N) is 1. The summed E-state index contributed by atoms with van der Waals surface area (Å²) in [6.07, 6.45) is 2.87. The number of hydrogen-bond donors (Lipinski definition) is 1. The van der Waals surface area contributed by atoms with E-state index in [0.29, 0.717) is 17.1 Å². The van der Waals surface area contributed by atoms with Crippen molar-refractivity contribution in [3.8, 4) is 6.07 Å². The SMILES string of the molecule is CCCNC(=O)C1CCCN(c2ccc(C#N)c(Cl)c2)C1. The van der Waals surface area contributed by atoms with Crippen molar-refractivity contribution in [2.45, 2.75) is 26.2 Å². The molecule has 0 saturated carbocycles. The number of amides is 1. The lowest BCUT2D eigenvalue weighted by atomic mass is 9.96. The van der Waals surface area contributed by atoms with Crippen molar-refractivity contribution < 1.29 is 4.79 Å². The fourth-order valence-electron chi connectivity index (χ4n) is 2.61. The lowest BCUT2D eigenvalue weighted by Gasteiger charge is -2.33. The van der Waals surface area contributed by atoms with Crippen LogP contribution in [0.25, 0.3) is 0 Å². The van der Waals surface area contributed by atoms with E-state index < -0.39 is 0 Å². The summed E-state index contributed by atoms with van der Waals surface area (Å²) in [4.78, 5) is 14.3. The molecule has 1 unspecified atom stereocenters. The molecule has 1 aromatic rings. The van der Waals surface area contributed by atoms with Crippen LogP contribution in [0.5, 0.6) is 0 Å². The van der Waals surface area contributed by atoms with Gasteiger partial charge >= 0.3 is 0 Å². The van der Waals surface area contributed by atoms with Gasteiger partial charge in [-0.15, -0.1) is 0 Å². The lowest BCUT2D eigenvalue weighted by molar-refractivity contribution is -0.125. The molecule has 2 rings (SSSR count). The third kappa shape index (κ3) is 3.89. The van der Waals surface area contributed by atoms with Gasteiger partial charge in [0.05, 0.1) is 16.5 Å². The summed E-state index contributed by atoms with van der Waals surface area (Å²) in [5, 5.41) is 12.4. The summed E-state index contributed by atoms with van der Waals surface area (Å²) in [6, 6.07) is 7.51. The summed E-state index contributed by atoms with van der Waals surface area (Å²) in [5.74, 6) is 0.168. The van der Waals surface area contributed by atoms with Crippen LogP contribution in [0, 0.1) is 17.2 Å². The van der Waals surface area contributed by atoms with E-state index in [4.69, 9.17) is 16.9 Å². The zero-order valence-electron chi connectivity index (χ0n) is 12.2. The maximum atomic E-state index is 12.1. The second kappa shape index (κ2) is 7.33. The minimum absolute atomic E-state index is 0.0275. The third-order valence-electron chi connectivity index (χ3n) is 3.78. The van der Waals surface area contributed by atoms with Crippen LogP contribution < -0.4 is 10.2 Å². The maximum absolute atomic E-state index is 12.1. The van der Waals surface area contributed by atoms with Gasteiger partial charge in [0.1, 0.15) is 6.07 Å². The first-order chi connectivity index (χ1) is 10.2. The molecule has 0 spiro atoms. The van der Waals surface area contributed by atoms with E-state index >= 15 is 0 Å². The van der Waals surface area contributed by atoms with E-state index in [0.717, 1.165) is 38.0 Å². The van der Waals surface area contributed by atoms with Gasteiger partial charge in [-0.2, -0.15) is 5.26 Å². The van der Waals surface area contributed by atoms with Crippen molar-refractivity contribution in [1.29, 1.82) is 5.26 Å². The quantitative estimate of drug-likeness (QED) is 0.930. The van der Waals surface area contributed by atoms with E-state index in [9.17, 15) is 4.79 Å². The second-order valence-electron chi connectivity index (χ2n) is 5.35. The molecule has 1 fully saturated rings. The summed E-state index contributed by atoms with van der Waals surface area (Å²) < 4.78 is 0. The first-order valence-corrected chi connectivity index (χ1v) is 7.75. The zero-order valence-corrected chi connectivity index (χ0v) is 13.0. The van der Waals surface area contributed by atoms with E-state index in [1.165, 1.54) is 0 Å². The molecule has 21 heavy (non-hydrogen) atoms. The van der Waals surface area contributed by atoms with Gasteiger partial charge in [0.2, 0.25) is 5.91 Å². The fraction of sp³-hybridized carbons (Fsp3) is 0.500. The highest BCUT2D eigenvalue weighted by molar-refractivity contribution is 6.32. The second-order valence-corrected chi connectivity index (χ2v) is 5.76. The molecule has 4 nitrogen and oxygen atoms in total. The number of halogens is 1. The Kier molecular flexibility index (Phi) is 5.46. The minimum Gasteiger partial charge on any atom is -0.371 e. The van der Waals surface area contributed by atoms with Crippen LogP contribution >= 0.6 is 11.6 Å². The summed E-state index contributed by atoms with van der Waals surface area (Å²) >= 11 is 6.09. The highest BCUT2D eigenvalue weighted by Gasteiger charge is 2.25. The Labute approximate surface area is 130 Å². The number of benzene rings is 1. The van der Waals surface area contributed by atoms with Crippen molar-refractivity contribution in [2.75, 3.05) is 24.5 Å². The largest absolute Gasteiger partial charge is 0.371 e. The Morgan fingerprint density at radius 3 is 3.05 bits per heavy atom. The molecule has 1 saturated heterocycles. The average Bonchev–Trinajstić information content (AvgIpc) is 2.52. The van der Waals surface area contributed by atoms with E-state index in [-0.39, 0.29) is 11.8 Å². The van der Waals surface area contributed by atoms with Crippen molar-refractivity contribution in [1.82, 2.24) is 5.32 Å². The Hall–Kier alpha value is -1.73. The molecule has 1 heterocycles. The molecule has 0 aromatic heterocycles. The fourth-order valence-corrected chi connectivity index (χ4v) is 2.83. The van der Waals surface area contributed by atoms with Gasteiger partial charge in [-0.05, 0) is 37.5 Å². The van der Waals surface area contributed by atoms with Crippen molar-refractivity contribution in [3.63, 3.8) is 0 Å². The zero-order chi connectivity index (χ0) is 15.2. The lowest BCUT2D eigenvalue weighted by Crippen LogP contribution is -2.43. The first-order valence-electron chi connectivity index (χ1n) is 7.38.